The van der Waals surface area contributed by atoms with Gasteiger partial charge in [0.2, 0.25) is 0 Å². The van der Waals surface area contributed by atoms with E-state index in [1.807, 2.05) is 18.2 Å². The first-order valence-corrected chi connectivity index (χ1v) is 7.38. The maximum Gasteiger partial charge on any atom is 0.328 e. The van der Waals surface area contributed by atoms with Gasteiger partial charge in [-0.1, -0.05) is 18.9 Å². The predicted octanol–water partition coefficient (Wildman–Crippen LogP) is 3.17. The molecule has 1 aliphatic carbocycles. The minimum absolute atomic E-state index is 0.646. The lowest BCUT2D eigenvalue weighted by Gasteiger charge is -2.25. The Labute approximate surface area is 126 Å². The molecule has 0 heterocycles. The SMILES string of the molecule is COc1ccc(C=CC(=O)O)cc1CN(C)C1CCCC1. The van der Waals surface area contributed by atoms with Crippen LogP contribution in [0, 0.1) is 0 Å². The monoisotopic (exact) mass is 289 g/mol. The lowest BCUT2D eigenvalue weighted by atomic mass is 10.1. The molecule has 0 spiro atoms. The van der Waals surface area contributed by atoms with Gasteiger partial charge in [0, 0.05) is 24.2 Å². The summed E-state index contributed by atoms with van der Waals surface area (Å²) >= 11 is 0. The lowest BCUT2D eigenvalue weighted by Crippen LogP contribution is -2.28. The standard InChI is InChI=1S/C17H23NO3/c1-18(15-5-3-4-6-15)12-14-11-13(8-10-17(19)20)7-9-16(14)21-2/h7-11,15H,3-6,12H2,1-2H3,(H,19,20). The van der Waals surface area contributed by atoms with Crippen LogP contribution in [-0.2, 0) is 11.3 Å². The van der Waals surface area contributed by atoms with Crippen molar-refractivity contribution >= 4 is 12.0 Å². The van der Waals surface area contributed by atoms with Gasteiger partial charge in [-0.15, -0.1) is 0 Å². The molecule has 0 aliphatic heterocycles. The highest BCUT2D eigenvalue weighted by Gasteiger charge is 2.20. The average molecular weight is 289 g/mol. The molecule has 0 atom stereocenters. The second-order valence-corrected chi connectivity index (χ2v) is 5.60. The van der Waals surface area contributed by atoms with Gasteiger partial charge in [-0.3, -0.25) is 4.90 Å². The molecule has 0 unspecified atom stereocenters. The number of nitrogens with zero attached hydrogens (tertiary/aromatic N) is 1. The van der Waals surface area contributed by atoms with E-state index >= 15 is 0 Å². The zero-order valence-corrected chi connectivity index (χ0v) is 12.7. The average Bonchev–Trinajstić information content (AvgIpc) is 2.99. The second-order valence-electron chi connectivity index (χ2n) is 5.60. The summed E-state index contributed by atoms with van der Waals surface area (Å²) in [5.41, 5.74) is 1.98. The van der Waals surface area contributed by atoms with Crippen molar-refractivity contribution in [2.24, 2.45) is 0 Å². The molecule has 1 aliphatic rings. The van der Waals surface area contributed by atoms with Gasteiger partial charge >= 0.3 is 5.97 Å². The molecule has 1 aromatic rings. The molecule has 0 amide bonds. The van der Waals surface area contributed by atoms with Crippen molar-refractivity contribution in [1.82, 2.24) is 4.90 Å². The molecule has 0 radical (unpaired) electrons. The largest absolute Gasteiger partial charge is 0.496 e. The zero-order chi connectivity index (χ0) is 15.2. The van der Waals surface area contributed by atoms with Gasteiger partial charge in [0.15, 0.2) is 0 Å². The third kappa shape index (κ3) is 4.33. The number of carbonyl (C=O) groups is 1. The van der Waals surface area contributed by atoms with E-state index in [-0.39, 0.29) is 0 Å². The first kappa shape index (κ1) is 15.6. The maximum atomic E-state index is 10.6. The molecular formula is C17H23NO3. The van der Waals surface area contributed by atoms with E-state index in [4.69, 9.17) is 9.84 Å². The summed E-state index contributed by atoms with van der Waals surface area (Å²) in [6, 6.07) is 6.42. The number of carboxylic acids is 1. The Morgan fingerprint density at radius 1 is 1.43 bits per heavy atom. The predicted molar refractivity (Wildman–Crippen MR) is 83.4 cm³/mol. The molecule has 4 heteroatoms. The third-order valence-electron chi connectivity index (χ3n) is 4.09. The van der Waals surface area contributed by atoms with Crippen LogP contribution in [0.3, 0.4) is 0 Å². The Morgan fingerprint density at radius 3 is 2.76 bits per heavy atom. The minimum Gasteiger partial charge on any atom is -0.496 e. The van der Waals surface area contributed by atoms with Crippen LogP contribution < -0.4 is 4.74 Å². The van der Waals surface area contributed by atoms with E-state index < -0.39 is 5.97 Å². The van der Waals surface area contributed by atoms with Crippen molar-refractivity contribution in [2.75, 3.05) is 14.2 Å². The molecule has 2 rings (SSSR count). The quantitative estimate of drug-likeness (QED) is 0.817. The van der Waals surface area contributed by atoms with Crippen molar-refractivity contribution in [3.05, 3.63) is 35.4 Å². The Morgan fingerprint density at radius 2 is 2.14 bits per heavy atom. The number of benzene rings is 1. The first-order chi connectivity index (χ1) is 10.1. The fraction of sp³-hybridized carbons (Fsp3) is 0.471. The molecule has 4 nitrogen and oxygen atoms in total. The highest BCUT2D eigenvalue weighted by molar-refractivity contribution is 5.85. The summed E-state index contributed by atoms with van der Waals surface area (Å²) < 4.78 is 5.42. The Bertz CT molecular complexity index is 519. The van der Waals surface area contributed by atoms with E-state index in [9.17, 15) is 4.79 Å². The van der Waals surface area contributed by atoms with Crippen LogP contribution in [0.1, 0.15) is 36.8 Å². The second kappa shape index (κ2) is 7.27. The first-order valence-electron chi connectivity index (χ1n) is 7.38. The van der Waals surface area contributed by atoms with Crippen molar-refractivity contribution < 1.29 is 14.6 Å². The van der Waals surface area contributed by atoms with Crippen LogP contribution in [0.4, 0.5) is 0 Å². The van der Waals surface area contributed by atoms with E-state index in [2.05, 4.69) is 11.9 Å². The normalized spacial score (nSPS) is 16.0. The third-order valence-corrected chi connectivity index (χ3v) is 4.09. The van der Waals surface area contributed by atoms with Crippen LogP contribution in [-0.4, -0.2) is 36.2 Å². The van der Waals surface area contributed by atoms with Gasteiger partial charge in [0.25, 0.3) is 0 Å². The Hall–Kier alpha value is -1.81. The number of hydrogen-bond acceptors (Lipinski definition) is 3. The number of ether oxygens (including phenoxy) is 1. The van der Waals surface area contributed by atoms with Gasteiger partial charge in [0.05, 0.1) is 7.11 Å². The summed E-state index contributed by atoms with van der Waals surface area (Å²) in [7, 11) is 3.82. The molecule has 1 saturated carbocycles. The summed E-state index contributed by atoms with van der Waals surface area (Å²) in [6.45, 7) is 0.822. The zero-order valence-electron chi connectivity index (χ0n) is 12.7. The molecule has 114 valence electrons. The van der Waals surface area contributed by atoms with Gasteiger partial charge in [-0.05, 0) is 43.7 Å². The Kier molecular flexibility index (Phi) is 5.39. The van der Waals surface area contributed by atoms with Crippen molar-refractivity contribution in [2.45, 2.75) is 38.3 Å². The Balaban J connectivity index is 2.15. The molecule has 1 aromatic carbocycles. The number of rotatable bonds is 6. The number of methoxy groups -OCH3 is 1. The smallest absolute Gasteiger partial charge is 0.328 e. The van der Waals surface area contributed by atoms with Crippen LogP contribution in [0.2, 0.25) is 0 Å². The lowest BCUT2D eigenvalue weighted by molar-refractivity contribution is -0.131. The number of carboxylic acid groups (broad SMARTS) is 1. The summed E-state index contributed by atoms with van der Waals surface area (Å²) in [5.74, 6) is -0.0808. The van der Waals surface area contributed by atoms with Crippen LogP contribution in [0.25, 0.3) is 6.08 Å². The topological polar surface area (TPSA) is 49.8 Å². The van der Waals surface area contributed by atoms with E-state index in [1.165, 1.54) is 25.7 Å². The van der Waals surface area contributed by atoms with E-state index in [0.29, 0.717) is 6.04 Å². The molecule has 0 aromatic heterocycles. The van der Waals surface area contributed by atoms with E-state index in [0.717, 1.165) is 29.5 Å². The summed E-state index contributed by atoms with van der Waals surface area (Å²) in [6.07, 6.45) is 7.92. The van der Waals surface area contributed by atoms with Crippen LogP contribution in [0.5, 0.6) is 5.75 Å². The molecule has 21 heavy (non-hydrogen) atoms. The fourth-order valence-corrected chi connectivity index (χ4v) is 2.94. The van der Waals surface area contributed by atoms with Crippen molar-refractivity contribution in [3.8, 4) is 5.75 Å². The van der Waals surface area contributed by atoms with Crippen LogP contribution >= 0.6 is 0 Å². The van der Waals surface area contributed by atoms with Gasteiger partial charge in [-0.25, -0.2) is 4.79 Å². The number of hydrogen-bond donors (Lipinski definition) is 1. The molecular weight excluding hydrogens is 266 g/mol. The number of aliphatic carboxylic acids is 1. The summed E-state index contributed by atoms with van der Waals surface area (Å²) in [4.78, 5) is 13.0. The molecule has 0 saturated heterocycles. The maximum absolute atomic E-state index is 10.6. The fourth-order valence-electron chi connectivity index (χ4n) is 2.94. The summed E-state index contributed by atoms with van der Waals surface area (Å²) in [5, 5.41) is 8.71. The van der Waals surface area contributed by atoms with Gasteiger partial charge in [0.1, 0.15) is 5.75 Å². The van der Waals surface area contributed by atoms with Crippen molar-refractivity contribution in [3.63, 3.8) is 0 Å². The van der Waals surface area contributed by atoms with Crippen LogP contribution in [0.15, 0.2) is 24.3 Å². The van der Waals surface area contributed by atoms with Gasteiger partial charge in [-0.2, -0.15) is 0 Å². The minimum atomic E-state index is -0.935. The van der Waals surface area contributed by atoms with Gasteiger partial charge < -0.3 is 9.84 Å². The van der Waals surface area contributed by atoms with Crippen molar-refractivity contribution in [1.29, 1.82) is 0 Å². The highest BCUT2D eigenvalue weighted by atomic mass is 16.5. The highest BCUT2D eigenvalue weighted by Crippen LogP contribution is 2.27. The molecule has 1 fully saturated rings. The molecule has 0 bridgehead atoms. The van der Waals surface area contributed by atoms with E-state index in [1.54, 1.807) is 13.2 Å². The molecule has 1 N–H and O–H groups in total.